The van der Waals surface area contributed by atoms with Gasteiger partial charge in [-0.15, -0.1) is 0 Å². The fourth-order valence-corrected chi connectivity index (χ4v) is 1.94. The molecule has 0 unspecified atom stereocenters. The van der Waals surface area contributed by atoms with Crippen LogP contribution in [0.15, 0.2) is 22.7 Å². The first-order valence-electron chi connectivity index (χ1n) is 6.44. The summed E-state index contributed by atoms with van der Waals surface area (Å²) in [6, 6.07) is 5.51. The van der Waals surface area contributed by atoms with Crippen molar-refractivity contribution in [3.63, 3.8) is 0 Å². The number of carbonyl (C=O) groups excluding carboxylic acids is 1. The third kappa shape index (κ3) is 6.07. The molecule has 0 aliphatic carbocycles. The van der Waals surface area contributed by atoms with Crippen molar-refractivity contribution in [1.29, 1.82) is 0 Å². The summed E-state index contributed by atoms with van der Waals surface area (Å²) in [4.78, 5) is 11.5. The average molecular weight is 329 g/mol. The smallest absolute Gasteiger partial charge is 0.221 e. The van der Waals surface area contributed by atoms with Crippen molar-refractivity contribution in [3.05, 3.63) is 28.2 Å². The van der Waals surface area contributed by atoms with Crippen molar-refractivity contribution in [2.75, 3.05) is 13.1 Å². The van der Waals surface area contributed by atoms with Gasteiger partial charge >= 0.3 is 0 Å². The van der Waals surface area contributed by atoms with Crippen LogP contribution in [0.2, 0.25) is 0 Å². The third-order valence-electron chi connectivity index (χ3n) is 2.62. The van der Waals surface area contributed by atoms with Crippen molar-refractivity contribution >= 4 is 21.8 Å². The lowest BCUT2D eigenvalue weighted by Crippen LogP contribution is -2.30. The second kappa shape index (κ2) is 8.17. The third-order valence-corrected chi connectivity index (χ3v) is 3.26. The summed E-state index contributed by atoms with van der Waals surface area (Å²) in [5, 5.41) is 15.8. The zero-order valence-electron chi connectivity index (χ0n) is 11.4. The van der Waals surface area contributed by atoms with Crippen molar-refractivity contribution in [1.82, 2.24) is 10.6 Å². The SMILES string of the molecule is CC(C)CNC(=O)CCNCc1cccc(Br)c1O. The maximum Gasteiger partial charge on any atom is 0.221 e. The van der Waals surface area contributed by atoms with Gasteiger partial charge < -0.3 is 15.7 Å². The molecular formula is C14H21BrN2O2. The molecule has 3 N–H and O–H groups in total. The van der Waals surface area contributed by atoms with Crippen LogP contribution in [0.4, 0.5) is 0 Å². The zero-order chi connectivity index (χ0) is 14.3. The predicted molar refractivity (Wildman–Crippen MR) is 80.0 cm³/mol. The molecule has 0 heterocycles. The first-order valence-corrected chi connectivity index (χ1v) is 7.23. The number of amides is 1. The van der Waals surface area contributed by atoms with Crippen LogP contribution < -0.4 is 10.6 Å². The molecular weight excluding hydrogens is 308 g/mol. The number of phenolic OH excluding ortho intramolecular Hbond substituents is 1. The van der Waals surface area contributed by atoms with Gasteiger partial charge in [0.05, 0.1) is 4.47 Å². The Morgan fingerprint density at radius 2 is 2.16 bits per heavy atom. The number of para-hydroxylation sites is 1. The van der Waals surface area contributed by atoms with Gasteiger partial charge in [0.25, 0.3) is 0 Å². The number of halogens is 1. The summed E-state index contributed by atoms with van der Waals surface area (Å²) in [5.74, 6) is 0.773. The quantitative estimate of drug-likeness (QED) is 0.673. The minimum atomic E-state index is 0.0552. The van der Waals surface area contributed by atoms with Crippen LogP contribution in [-0.4, -0.2) is 24.1 Å². The molecule has 1 rings (SSSR count). The monoisotopic (exact) mass is 328 g/mol. The molecule has 1 aromatic carbocycles. The molecule has 0 radical (unpaired) electrons. The number of nitrogens with one attached hydrogen (secondary N) is 2. The largest absolute Gasteiger partial charge is 0.506 e. The Labute approximate surface area is 122 Å². The Morgan fingerprint density at radius 3 is 2.84 bits per heavy atom. The van der Waals surface area contributed by atoms with Gasteiger partial charge in [-0.2, -0.15) is 0 Å². The lowest BCUT2D eigenvalue weighted by atomic mass is 10.2. The number of hydrogen-bond donors (Lipinski definition) is 3. The highest BCUT2D eigenvalue weighted by Crippen LogP contribution is 2.27. The molecule has 0 bridgehead atoms. The molecule has 0 spiro atoms. The molecule has 0 atom stereocenters. The second-order valence-electron chi connectivity index (χ2n) is 4.87. The van der Waals surface area contributed by atoms with E-state index in [0.717, 1.165) is 5.56 Å². The first-order chi connectivity index (χ1) is 9.00. The molecule has 5 heteroatoms. The van der Waals surface area contributed by atoms with E-state index in [0.29, 0.717) is 36.4 Å². The molecule has 0 aliphatic heterocycles. The Morgan fingerprint density at radius 1 is 1.42 bits per heavy atom. The van der Waals surface area contributed by atoms with Gasteiger partial charge in [0.1, 0.15) is 5.75 Å². The Balaban J connectivity index is 2.24. The summed E-state index contributed by atoms with van der Waals surface area (Å²) < 4.78 is 0.682. The van der Waals surface area contributed by atoms with Gasteiger partial charge in [0.15, 0.2) is 0 Å². The lowest BCUT2D eigenvalue weighted by Gasteiger charge is -2.09. The number of aromatic hydroxyl groups is 1. The molecule has 0 saturated carbocycles. The van der Waals surface area contributed by atoms with Crippen LogP contribution in [0, 0.1) is 5.92 Å². The predicted octanol–water partition coefficient (Wildman–Crippen LogP) is 2.41. The second-order valence-corrected chi connectivity index (χ2v) is 5.73. The van der Waals surface area contributed by atoms with E-state index in [-0.39, 0.29) is 11.7 Å². The minimum Gasteiger partial charge on any atom is -0.506 e. The maximum atomic E-state index is 11.5. The Kier molecular flexibility index (Phi) is 6.87. The van der Waals surface area contributed by atoms with Crippen LogP contribution in [-0.2, 0) is 11.3 Å². The average Bonchev–Trinajstić information content (AvgIpc) is 2.37. The molecule has 4 nitrogen and oxygen atoms in total. The van der Waals surface area contributed by atoms with E-state index in [1.807, 2.05) is 12.1 Å². The van der Waals surface area contributed by atoms with Gasteiger partial charge in [-0.05, 0) is 27.9 Å². The minimum absolute atomic E-state index is 0.0552. The first kappa shape index (κ1) is 16.0. The van der Waals surface area contributed by atoms with Gasteiger partial charge in [0, 0.05) is 31.6 Å². The van der Waals surface area contributed by atoms with Gasteiger partial charge in [-0.25, -0.2) is 0 Å². The van der Waals surface area contributed by atoms with Crippen LogP contribution in [0.3, 0.4) is 0 Å². The van der Waals surface area contributed by atoms with Crippen LogP contribution in [0.1, 0.15) is 25.8 Å². The van der Waals surface area contributed by atoms with E-state index in [4.69, 9.17) is 0 Å². The summed E-state index contributed by atoms with van der Waals surface area (Å²) in [6.45, 7) is 5.98. The number of phenols is 1. The van der Waals surface area contributed by atoms with E-state index in [9.17, 15) is 9.90 Å². The van der Waals surface area contributed by atoms with Crippen molar-refractivity contribution < 1.29 is 9.90 Å². The van der Waals surface area contributed by atoms with Crippen molar-refractivity contribution in [2.45, 2.75) is 26.8 Å². The number of rotatable bonds is 7. The van der Waals surface area contributed by atoms with Gasteiger partial charge in [-0.3, -0.25) is 4.79 Å². The molecule has 1 aromatic rings. The topological polar surface area (TPSA) is 61.4 Å². The van der Waals surface area contributed by atoms with Crippen molar-refractivity contribution in [2.24, 2.45) is 5.92 Å². The van der Waals surface area contributed by atoms with E-state index >= 15 is 0 Å². The highest BCUT2D eigenvalue weighted by Gasteiger charge is 2.05. The number of benzene rings is 1. The molecule has 0 aliphatic rings. The number of carbonyl (C=O) groups is 1. The van der Waals surface area contributed by atoms with Crippen molar-refractivity contribution in [3.8, 4) is 5.75 Å². The molecule has 0 fully saturated rings. The van der Waals surface area contributed by atoms with Gasteiger partial charge in [-0.1, -0.05) is 26.0 Å². The molecule has 1 amide bonds. The van der Waals surface area contributed by atoms with E-state index in [2.05, 4.69) is 40.4 Å². The van der Waals surface area contributed by atoms with E-state index in [1.54, 1.807) is 6.07 Å². The molecule has 0 aromatic heterocycles. The summed E-state index contributed by atoms with van der Waals surface area (Å²) >= 11 is 3.27. The molecule has 106 valence electrons. The standard InChI is InChI=1S/C14H21BrN2O2/c1-10(2)8-17-13(18)6-7-16-9-11-4-3-5-12(15)14(11)19/h3-5,10,16,19H,6-9H2,1-2H3,(H,17,18). The summed E-state index contributed by atoms with van der Waals surface area (Å²) in [6.07, 6.45) is 0.446. The Hall–Kier alpha value is -1.07. The van der Waals surface area contributed by atoms with E-state index in [1.165, 1.54) is 0 Å². The highest BCUT2D eigenvalue weighted by molar-refractivity contribution is 9.10. The highest BCUT2D eigenvalue weighted by atomic mass is 79.9. The molecule has 0 saturated heterocycles. The van der Waals surface area contributed by atoms with Crippen LogP contribution in [0.25, 0.3) is 0 Å². The fourth-order valence-electron chi connectivity index (χ4n) is 1.53. The summed E-state index contributed by atoms with van der Waals surface area (Å²) in [7, 11) is 0. The zero-order valence-corrected chi connectivity index (χ0v) is 13.0. The van der Waals surface area contributed by atoms with Crippen LogP contribution in [0.5, 0.6) is 5.75 Å². The number of hydrogen-bond acceptors (Lipinski definition) is 3. The lowest BCUT2D eigenvalue weighted by molar-refractivity contribution is -0.121. The molecule has 19 heavy (non-hydrogen) atoms. The Bertz CT molecular complexity index is 422. The van der Waals surface area contributed by atoms with Gasteiger partial charge in [0.2, 0.25) is 5.91 Å². The maximum absolute atomic E-state index is 11.5. The van der Waals surface area contributed by atoms with E-state index < -0.39 is 0 Å². The fraction of sp³-hybridized carbons (Fsp3) is 0.500. The normalized spacial score (nSPS) is 10.7. The van der Waals surface area contributed by atoms with Crippen LogP contribution >= 0.6 is 15.9 Å². The summed E-state index contributed by atoms with van der Waals surface area (Å²) in [5.41, 5.74) is 0.817.